The first-order valence-corrected chi connectivity index (χ1v) is 11.1. The molecule has 10 nitrogen and oxygen atoms in total. The Labute approximate surface area is 186 Å². The minimum absolute atomic E-state index is 0.0262. The van der Waals surface area contributed by atoms with Crippen LogP contribution in [0.25, 0.3) is 0 Å². The molecule has 2 amide bonds. The number of aliphatic carboxylic acids is 1. The van der Waals surface area contributed by atoms with Crippen LogP contribution in [0.15, 0.2) is 0 Å². The molecule has 0 spiro atoms. The van der Waals surface area contributed by atoms with E-state index in [4.69, 9.17) is 24.1 Å². The maximum absolute atomic E-state index is 11.6. The predicted molar refractivity (Wildman–Crippen MR) is 117 cm³/mol. The van der Waals surface area contributed by atoms with Crippen molar-refractivity contribution < 1.29 is 38.4 Å². The Balaban J connectivity index is 0. The molecule has 0 aromatic rings. The van der Waals surface area contributed by atoms with E-state index in [1.807, 2.05) is 20.8 Å². The first-order chi connectivity index (χ1) is 15.1. The molecule has 0 saturated carbocycles. The second kappa shape index (κ2) is 26.3. The lowest BCUT2D eigenvalue weighted by Crippen LogP contribution is -2.28. The Hall–Kier alpha value is -1.75. The van der Waals surface area contributed by atoms with E-state index in [-0.39, 0.29) is 31.3 Å². The van der Waals surface area contributed by atoms with Gasteiger partial charge in [0.15, 0.2) is 0 Å². The summed E-state index contributed by atoms with van der Waals surface area (Å²) in [5.74, 6) is -0.970. The van der Waals surface area contributed by atoms with Crippen LogP contribution in [0.1, 0.15) is 52.9 Å². The fraction of sp³-hybridized carbons (Fsp3) is 0.857. The lowest BCUT2D eigenvalue weighted by Gasteiger charge is -2.08. The normalized spacial score (nSPS) is 10.2. The highest BCUT2D eigenvalue weighted by molar-refractivity contribution is 5.76. The molecule has 0 bridgehead atoms. The summed E-state index contributed by atoms with van der Waals surface area (Å²) in [6.07, 6.45) is 2.68. The molecule has 0 unspecified atom stereocenters. The molecular weight excluding hydrogens is 408 g/mol. The zero-order chi connectivity index (χ0) is 23.6. The Morgan fingerprint density at radius 3 is 1.52 bits per heavy atom. The highest BCUT2D eigenvalue weighted by atomic mass is 16.5. The molecule has 0 aromatic carbocycles. The van der Waals surface area contributed by atoms with Crippen LogP contribution < -0.4 is 10.6 Å². The van der Waals surface area contributed by atoms with Crippen LogP contribution in [0.4, 0.5) is 0 Å². The van der Waals surface area contributed by atoms with Crippen molar-refractivity contribution in [1.82, 2.24) is 10.6 Å². The lowest BCUT2D eigenvalue weighted by atomic mass is 10.2. The van der Waals surface area contributed by atoms with Gasteiger partial charge in [-0.3, -0.25) is 14.4 Å². The summed E-state index contributed by atoms with van der Waals surface area (Å²) in [4.78, 5) is 33.2. The molecule has 184 valence electrons. The predicted octanol–water partition coefficient (Wildman–Crippen LogP) is 1.37. The first-order valence-electron chi connectivity index (χ1n) is 11.1. The topological polar surface area (TPSA) is 132 Å². The van der Waals surface area contributed by atoms with Gasteiger partial charge in [-0.25, -0.2) is 0 Å². The number of hydrogen-bond donors (Lipinski definition) is 3. The fourth-order valence-electron chi connectivity index (χ4n) is 2.01. The van der Waals surface area contributed by atoms with Crippen molar-refractivity contribution in [2.75, 3.05) is 65.9 Å². The van der Waals surface area contributed by atoms with Crippen LogP contribution >= 0.6 is 0 Å². The SMILES string of the molecule is CC.CCCCC(=O)NCCOCCOCCC(=O)NCCOCCOCCC(=O)O. The van der Waals surface area contributed by atoms with Gasteiger partial charge in [-0.2, -0.15) is 0 Å². The van der Waals surface area contributed by atoms with Gasteiger partial charge < -0.3 is 34.7 Å². The van der Waals surface area contributed by atoms with E-state index in [1.165, 1.54) is 0 Å². The number of amides is 2. The van der Waals surface area contributed by atoms with Crippen molar-refractivity contribution >= 4 is 17.8 Å². The van der Waals surface area contributed by atoms with Crippen LogP contribution in [0.5, 0.6) is 0 Å². The zero-order valence-electron chi connectivity index (χ0n) is 19.4. The smallest absolute Gasteiger partial charge is 0.305 e. The van der Waals surface area contributed by atoms with E-state index < -0.39 is 5.97 Å². The van der Waals surface area contributed by atoms with E-state index in [1.54, 1.807) is 0 Å². The Morgan fingerprint density at radius 2 is 1.06 bits per heavy atom. The number of ether oxygens (including phenoxy) is 4. The van der Waals surface area contributed by atoms with Crippen molar-refractivity contribution in [3.8, 4) is 0 Å². The second-order valence-electron chi connectivity index (χ2n) is 6.15. The van der Waals surface area contributed by atoms with E-state index in [9.17, 15) is 14.4 Å². The number of carbonyl (C=O) groups excluding carboxylic acids is 2. The fourth-order valence-corrected chi connectivity index (χ4v) is 2.01. The molecule has 0 aliphatic carbocycles. The quantitative estimate of drug-likeness (QED) is 0.223. The molecule has 0 atom stereocenters. The zero-order valence-corrected chi connectivity index (χ0v) is 19.4. The Kier molecular flexibility index (Phi) is 26.7. The average Bonchev–Trinajstić information content (AvgIpc) is 2.76. The summed E-state index contributed by atoms with van der Waals surface area (Å²) in [6.45, 7) is 9.66. The number of carboxylic acids is 1. The van der Waals surface area contributed by atoms with Crippen molar-refractivity contribution in [3.05, 3.63) is 0 Å². The molecule has 10 heteroatoms. The maximum Gasteiger partial charge on any atom is 0.305 e. The van der Waals surface area contributed by atoms with Crippen molar-refractivity contribution in [1.29, 1.82) is 0 Å². The van der Waals surface area contributed by atoms with E-state index >= 15 is 0 Å². The summed E-state index contributed by atoms with van der Waals surface area (Å²) in [5.41, 5.74) is 0. The van der Waals surface area contributed by atoms with Gasteiger partial charge in [0, 0.05) is 25.9 Å². The highest BCUT2D eigenvalue weighted by Crippen LogP contribution is 1.92. The number of hydrogen-bond acceptors (Lipinski definition) is 7. The summed E-state index contributed by atoms with van der Waals surface area (Å²) in [6, 6.07) is 0. The van der Waals surface area contributed by atoms with E-state index in [0.717, 1.165) is 12.8 Å². The number of carbonyl (C=O) groups is 3. The molecule has 0 fully saturated rings. The summed E-state index contributed by atoms with van der Waals surface area (Å²) < 4.78 is 21.0. The third-order valence-electron chi connectivity index (χ3n) is 3.57. The van der Waals surface area contributed by atoms with Crippen molar-refractivity contribution in [3.63, 3.8) is 0 Å². The molecule has 0 aliphatic rings. The average molecular weight is 451 g/mol. The van der Waals surface area contributed by atoms with E-state index in [2.05, 4.69) is 10.6 Å². The van der Waals surface area contributed by atoms with Crippen molar-refractivity contribution in [2.45, 2.75) is 52.9 Å². The van der Waals surface area contributed by atoms with Crippen LogP contribution in [0.3, 0.4) is 0 Å². The second-order valence-corrected chi connectivity index (χ2v) is 6.15. The molecule has 0 aromatic heterocycles. The summed E-state index contributed by atoms with van der Waals surface area (Å²) in [5, 5.41) is 13.9. The van der Waals surface area contributed by atoms with Crippen LogP contribution in [0, 0.1) is 0 Å². The monoisotopic (exact) mass is 450 g/mol. The molecule has 0 heterocycles. The van der Waals surface area contributed by atoms with E-state index in [0.29, 0.717) is 65.8 Å². The third kappa shape index (κ3) is 28.2. The van der Waals surface area contributed by atoms with Gasteiger partial charge in [-0.1, -0.05) is 27.2 Å². The minimum Gasteiger partial charge on any atom is -0.481 e. The molecule has 0 radical (unpaired) electrons. The molecule has 0 aliphatic heterocycles. The summed E-state index contributed by atoms with van der Waals surface area (Å²) >= 11 is 0. The molecular formula is C21H42N2O8. The van der Waals surface area contributed by atoms with Gasteiger partial charge in [0.1, 0.15) is 0 Å². The number of rotatable bonds is 21. The number of carboxylic acid groups (broad SMARTS) is 1. The maximum atomic E-state index is 11.6. The van der Waals surface area contributed by atoms with Crippen LogP contribution in [-0.2, 0) is 33.3 Å². The van der Waals surface area contributed by atoms with Gasteiger partial charge in [-0.05, 0) is 6.42 Å². The van der Waals surface area contributed by atoms with Gasteiger partial charge >= 0.3 is 5.97 Å². The lowest BCUT2D eigenvalue weighted by molar-refractivity contribution is -0.138. The van der Waals surface area contributed by atoms with Gasteiger partial charge in [-0.15, -0.1) is 0 Å². The van der Waals surface area contributed by atoms with Gasteiger partial charge in [0.2, 0.25) is 11.8 Å². The number of unbranched alkanes of at least 4 members (excludes halogenated alkanes) is 1. The van der Waals surface area contributed by atoms with Gasteiger partial charge in [0.25, 0.3) is 0 Å². The third-order valence-corrected chi connectivity index (χ3v) is 3.57. The van der Waals surface area contributed by atoms with Crippen molar-refractivity contribution in [2.24, 2.45) is 0 Å². The number of nitrogens with one attached hydrogen (secondary N) is 2. The largest absolute Gasteiger partial charge is 0.481 e. The summed E-state index contributed by atoms with van der Waals surface area (Å²) in [7, 11) is 0. The Bertz CT molecular complexity index is 436. The molecule has 0 rings (SSSR count). The van der Waals surface area contributed by atoms with Crippen LogP contribution in [0.2, 0.25) is 0 Å². The van der Waals surface area contributed by atoms with Gasteiger partial charge in [0.05, 0.1) is 59.3 Å². The first kappa shape index (κ1) is 31.4. The molecule has 0 saturated heterocycles. The molecule has 3 N–H and O–H groups in total. The Morgan fingerprint density at radius 1 is 0.645 bits per heavy atom. The van der Waals surface area contributed by atoms with Crippen LogP contribution in [-0.4, -0.2) is 88.8 Å². The highest BCUT2D eigenvalue weighted by Gasteiger charge is 2.02. The molecule has 31 heavy (non-hydrogen) atoms. The minimum atomic E-state index is -0.895. The standard InChI is InChI=1S/C19H36N2O8.C2H6/c1-2-3-4-17(22)20-7-11-28-15-13-26-9-5-18(23)21-8-12-29-16-14-27-10-6-19(24)25;1-2/h2-16H2,1H3,(H,20,22)(H,21,23)(H,24,25);1-2H3.